The normalized spacial score (nSPS) is 14.1. The van der Waals surface area contributed by atoms with Crippen LogP contribution in [0.25, 0.3) is 10.8 Å². The average molecular weight is 486 g/mol. The summed E-state index contributed by atoms with van der Waals surface area (Å²) in [6.45, 7) is 3.55. The van der Waals surface area contributed by atoms with Crippen LogP contribution in [0.3, 0.4) is 0 Å². The van der Waals surface area contributed by atoms with Crippen molar-refractivity contribution in [2.75, 3.05) is 23.7 Å². The molecule has 3 aromatic heterocycles. The number of nitrogens with zero attached hydrogens (tertiary/aromatic N) is 5. The minimum Gasteiger partial charge on any atom is -0.393 e. The van der Waals surface area contributed by atoms with Gasteiger partial charge in [0.15, 0.2) is 0 Å². The summed E-state index contributed by atoms with van der Waals surface area (Å²) < 4.78 is 1.63. The second-order valence-electron chi connectivity index (χ2n) is 8.67. The molecular formula is C26H27N7O3. The van der Waals surface area contributed by atoms with Crippen molar-refractivity contribution in [3.05, 3.63) is 77.1 Å². The highest BCUT2D eigenvalue weighted by molar-refractivity contribution is 5.96. The minimum absolute atomic E-state index is 0.0574. The van der Waals surface area contributed by atoms with Gasteiger partial charge < -0.3 is 25.2 Å². The third kappa shape index (κ3) is 4.89. The van der Waals surface area contributed by atoms with Crippen molar-refractivity contribution in [2.24, 2.45) is 0 Å². The molecule has 4 aromatic rings. The smallest absolute Gasteiger partial charge is 0.262 e. The number of hydrogen-bond donors (Lipinski definition) is 3. The highest BCUT2D eigenvalue weighted by atomic mass is 16.3. The molecular weight excluding hydrogens is 458 g/mol. The quantitative estimate of drug-likeness (QED) is 0.380. The van der Waals surface area contributed by atoms with Crippen molar-refractivity contribution >= 4 is 39.8 Å². The van der Waals surface area contributed by atoms with Crippen LogP contribution in [0.4, 0.5) is 23.1 Å². The number of nitrogens with one attached hydrogen (secondary N) is 2. The Kier molecular flexibility index (Phi) is 6.59. The maximum Gasteiger partial charge on any atom is 0.262 e. The van der Waals surface area contributed by atoms with E-state index in [-0.39, 0.29) is 17.6 Å². The molecule has 1 saturated heterocycles. The van der Waals surface area contributed by atoms with Crippen LogP contribution in [0, 0.1) is 0 Å². The number of hydrogen-bond acceptors (Lipinski definition) is 8. The molecule has 1 fully saturated rings. The van der Waals surface area contributed by atoms with E-state index in [0.717, 1.165) is 5.39 Å². The first-order valence-corrected chi connectivity index (χ1v) is 11.9. The van der Waals surface area contributed by atoms with Crippen LogP contribution < -0.4 is 16.2 Å². The monoisotopic (exact) mass is 485 g/mol. The molecule has 0 aliphatic carbocycles. The number of carbonyl (C=O) groups excluding carboxylic acids is 1. The average Bonchev–Trinajstić information content (AvgIpc) is 2.90. The highest BCUT2D eigenvalue weighted by Crippen LogP contribution is 2.27. The third-order valence-electron chi connectivity index (χ3n) is 6.27. The van der Waals surface area contributed by atoms with Crippen molar-refractivity contribution in [1.29, 1.82) is 0 Å². The fourth-order valence-electron chi connectivity index (χ4n) is 4.29. The lowest BCUT2D eigenvalue weighted by molar-refractivity contribution is 0.0546. The van der Waals surface area contributed by atoms with Gasteiger partial charge in [0.05, 0.1) is 17.7 Å². The molecule has 1 aliphatic rings. The molecule has 0 unspecified atom stereocenters. The summed E-state index contributed by atoms with van der Waals surface area (Å²) in [4.78, 5) is 40.7. The van der Waals surface area contributed by atoms with Gasteiger partial charge in [-0.2, -0.15) is 0 Å². The molecule has 0 saturated carbocycles. The topological polar surface area (TPSA) is 125 Å². The van der Waals surface area contributed by atoms with E-state index in [0.29, 0.717) is 66.6 Å². The maximum atomic E-state index is 13.2. The lowest BCUT2D eigenvalue weighted by atomic mass is 10.1. The highest BCUT2D eigenvalue weighted by Gasteiger charge is 2.22. The Morgan fingerprint density at radius 2 is 1.86 bits per heavy atom. The molecule has 4 heterocycles. The predicted octanol–water partition coefficient (Wildman–Crippen LogP) is 3.29. The van der Waals surface area contributed by atoms with Gasteiger partial charge in [0, 0.05) is 49.5 Å². The van der Waals surface area contributed by atoms with Gasteiger partial charge in [0.2, 0.25) is 0 Å². The summed E-state index contributed by atoms with van der Waals surface area (Å²) >= 11 is 0. The van der Waals surface area contributed by atoms with E-state index in [1.54, 1.807) is 64.6 Å². The Balaban J connectivity index is 1.45. The largest absolute Gasteiger partial charge is 0.393 e. The van der Waals surface area contributed by atoms with Gasteiger partial charge in [-0.05, 0) is 61.5 Å². The SMILES string of the molecule is CCn1ccc2cc(Nc3cnccn3)nc(Nc3ccc(C(=O)N4CCC(O)CC4)cc3)c2c1=O. The number of rotatable bonds is 6. The first-order valence-electron chi connectivity index (χ1n) is 11.9. The number of aromatic nitrogens is 4. The Hall–Kier alpha value is -4.31. The minimum atomic E-state index is -0.334. The zero-order valence-corrected chi connectivity index (χ0v) is 19.9. The van der Waals surface area contributed by atoms with Crippen molar-refractivity contribution in [3.63, 3.8) is 0 Å². The fraction of sp³-hybridized carbons (Fsp3) is 0.269. The fourth-order valence-corrected chi connectivity index (χ4v) is 4.29. The second-order valence-corrected chi connectivity index (χ2v) is 8.67. The van der Waals surface area contributed by atoms with Crippen molar-refractivity contribution in [2.45, 2.75) is 32.4 Å². The van der Waals surface area contributed by atoms with Crippen LogP contribution in [-0.4, -0.2) is 54.6 Å². The van der Waals surface area contributed by atoms with Crippen molar-refractivity contribution in [1.82, 2.24) is 24.4 Å². The molecule has 36 heavy (non-hydrogen) atoms. The van der Waals surface area contributed by atoms with Gasteiger partial charge in [-0.25, -0.2) is 9.97 Å². The molecule has 0 bridgehead atoms. The second kappa shape index (κ2) is 10.1. The van der Waals surface area contributed by atoms with Crippen LogP contribution in [0.15, 0.2) is 66.0 Å². The summed E-state index contributed by atoms with van der Waals surface area (Å²) in [5.74, 6) is 1.39. The zero-order chi connectivity index (χ0) is 25.1. The standard InChI is InChI=1S/C26H27N7O3/c1-2-32-12-7-18-15-21(30-22-16-27-10-11-28-22)31-24(23(18)26(32)36)29-19-5-3-17(4-6-19)25(35)33-13-8-20(34)9-14-33/h3-7,10-12,15-16,20,34H,2,8-9,13-14H2,1H3,(H2,28,29,30,31). The van der Waals surface area contributed by atoms with Crippen molar-refractivity contribution in [3.8, 4) is 0 Å². The van der Waals surface area contributed by atoms with Gasteiger partial charge in [-0.1, -0.05) is 0 Å². The summed E-state index contributed by atoms with van der Waals surface area (Å²) in [6.07, 6.45) is 7.38. The molecule has 0 radical (unpaired) electrons. The van der Waals surface area contributed by atoms with E-state index in [9.17, 15) is 14.7 Å². The number of fused-ring (bicyclic) bond motifs is 1. The first kappa shape index (κ1) is 23.4. The molecule has 0 atom stereocenters. The summed E-state index contributed by atoms with van der Waals surface area (Å²) in [7, 11) is 0. The molecule has 184 valence electrons. The summed E-state index contributed by atoms with van der Waals surface area (Å²) in [5.41, 5.74) is 1.12. The van der Waals surface area contributed by atoms with Crippen LogP contribution >= 0.6 is 0 Å². The van der Waals surface area contributed by atoms with E-state index in [1.165, 1.54) is 0 Å². The number of benzene rings is 1. The molecule has 1 aliphatic heterocycles. The van der Waals surface area contributed by atoms with E-state index in [4.69, 9.17) is 0 Å². The Bertz CT molecular complexity index is 1430. The predicted molar refractivity (Wildman–Crippen MR) is 138 cm³/mol. The van der Waals surface area contributed by atoms with Gasteiger partial charge in [0.25, 0.3) is 11.5 Å². The van der Waals surface area contributed by atoms with Crippen LogP contribution in [0.5, 0.6) is 0 Å². The molecule has 10 nitrogen and oxygen atoms in total. The van der Waals surface area contributed by atoms with Crippen LogP contribution in [0.1, 0.15) is 30.1 Å². The lowest BCUT2D eigenvalue weighted by Gasteiger charge is -2.29. The number of anilines is 4. The molecule has 10 heteroatoms. The number of aryl methyl sites for hydroxylation is 1. The van der Waals surface area contributed by atoms with Crippen LogP contribution in [-0.2, 0) is 6.54 Å². The lowest BCUT2D eigenvalue weighted by Crippen LogP contribution is -2.40. The van der Waals surface area contributed by atoms with E-state index in [1.807, 2.05) is 13.0 Å². The Morgan fingerprint density at radius 1 is 1.08 bits per heavy atom. The summed E-state index contributed by atoms with van der Waals surface area (Å²) in [6, 6.07) is 10.8. The number of aliphatic hydroxyl groups excluding tert-OH is 1. The number of carbonyl (C=O) groups is 1. The van der Waals surface area contributed by atoms with Gasteiger partial charge in [0.1, 0.15) is 17.5 Å². The number of aliphatic hydroxyl groups is 1. The van der Waals surface area contributed by atoms with E-state index < -0.39 is 0 Å². The third-order valence-corrected chi connectivity index (χ3v) is 6.27. The van der Waals surface area contributed by atoms with Crippen molar-refractivity contribution < 1.29 is 9.90 Å². The number of piperidine rings is 1. The van der Waals surface area contributed by atoms with E-state index >= 15 is 0 Å². The maximum absolute atomic E-state index is 13.2. The van der Waals surface area contributed by atoms with Gasteiger partial charge >= 0.3 is 0 Å². The van der Waals surface area contributed by atoms with Gasteiger partial charge in [-0.3, -0.25) is 14.6 Å². The molecule has 1 amide bonds. The van der Waals surface area contributed by atoms with E-state index in [2.05, 4.69) is 25.6 Å². The van der Waals surface area contributed by atoms with Crippen LogP contribution in [0.2, 0.25) is 0 Å². The number of amides is 1. The molecule has 1 aromatic carbocycles. The molecule has 3 N–H and O–H groups in total. The summed E-state index contributed by atoms with van der Waals surface area (Å²) in [5, 5.41) is 17.3. The van der Waals surface area contributed by atoms with Gasteiger partial charge in [-0.15, -0.1) is 0 Å². The Labute approximate surface area is 207 Å². The molecule has 0 spiro atoms. The zero-order valence-electron chi connectivity index (χ0n) is 19.9. The molecule has 5 rings (SSSR count). The first-order chi connectivity index (χ1) is 17.5. The number of pyridine rings is 2. The number of likely N-dealkylation sites (tertiary alicyclic amines) is 1. The Morgan fingerprint density at radius 3 is 2.56 bits per heavy atom.